The van der Waals surface area contributed by atoms with Crippen molar-refractivity contribution in [2.45, 2.75) is 36.8 Å². The molecule has 0 atom stereocenters. The second-order valence-corrected chi connectivity index (χ2v) is 8.20. The molecule has 4 nitrogen and oxygen atoms in total. The summed E-state index contributed by atoms with van der Waals surface area (Å²) in [5.74, 6) is 0.648. The molecule has 0 fully saturated rings. The maximum Gasteiger partial charge on any atom is 0.238 e. The van der Waals surface area contributed by atoms with E-state index in [0.29, 0.717) is 11.3 Å². The molecule has 0 unspecified atom stereocenters. The number of hydrogen-bond acceptors (Lipinski definition) is 4. The molecule has 3 rings (SSSR count). The van der Waals surface area contributed by atoms with Crippen LogP contribution in [-0.4, -0.2) is 13.4 Å². The second kappa shape index (κ2) is 4.56. The van der Waals surface area contributed by atoms with Crippen LogP contribution < -0.4 is 4.74 Å². The van der Waals surface area contributed by atoms with E-state index in [2.05, 4.69) is 4.98 Å². The first-order valence-electron chi connectivity index (χ1n) is 6.76. The van der Waals surface area contributed by atoms with Crippen LogP contribution in [0.2, 0.25) is 0 Å². The van der Waals surface area contributed by atoms with Crippen LogP contribution in [0.15, 0.2) is 41.4 Å². The molecule has 2 aromatic rings. The molecule has 0 amide bonds. The van der Waals surface area contributed by atoms with Crippen molar-refractivity contribution in [2.24, 2.45) is 0 Å². The van der Waals surface area contributed by atoms with E-state index in [1.165, 1.54) is 0 Å². The van der Waals surface area contributed by atoms with Gasteiger partial charge < -0.3 is 4.74 Å². The number of sulfone groups is 1. The smallest absolute Gasteiger partial charge is 0.238 e. The minimum absolute atomic E-state index is 0.0640. The lowest BCUT2D eigenvalue weighted by molar-refractivity contribution is 0.445. The Bertz CT molecular complexity index is 805. The minimum Gasteiger partial charge on any atom is -0.437 e. The number of fused-ring (bicyclic) bond motifs is 2. The predicted molar refractivity (Wildman–Crippen MR) is 80.3 cm³/mol. The third kappa shape index (κ3) is 2.53. The Balaban J connectivity index is 2.21. The van der Waals surface area contributed by atoms with E-state index in [9.17, 15) is 8.42 Å². The van der Waals surface area contributed by atoms with Gasteiger partial charge in [0, 0.05) is 11.8 Å². The zero-order valence-corrected chi connectivity index (χ0v) is 13.1. The molecule has 0 bridgehead atoms. The minimum atomic E-state index is -3.46. The number of benzene rings is 1. The highest BCUT2D eigenvalue weighted by molar-refractivity contribution is 7.90. The molecule has 110 valence electrons. The lowest BCUT2D eigenvalue weighted by Gasteiger charge is -2.19. The van der Waals surface area contributed by atoms with Crippen molar-refractivity contribution < 1.29 is 13.2 Å². The number of nitrogens with zero attached hydrogens (tertiary/aromatic N) is 1. The van der Waals surface area contributed by atoms with Crippen LogP contribution in [-0.2, 0) is 21.0 Å². The maximum absolute atomic E-state index is 12.6. The van der Waals surface area contributed by atoms with Crippen LogP contribution in [0.25, 0.3) is 0 Å². The summed E-state index contributed by atoms with van der Waals surface area (Å²) in [5, 5.41) is 0. The molecule has 1 aromatic heterocycles. The predicted octanol–water partition coefficient (Wildman–Crippen LogP) is 3.46. The van der Waals surface area contributed by atoms with Crippen molar-refractivity contribution in [3.8, 4) is 11.6 Å². The Hall–Kier alpha value is -1.88. The van der Waals surface area contributed by atoms with Gasteiger partial charge >= 0.3 is 0 Å². The van der Waals surface area contributed by atoms with Gasteiger partial charge in [0.05, 0.1) is 5.75 Å². The van der Waals surface area contributed by atoms with E-state index in [0.717, 1.165) is 5.56 Å². The Morgan fingerprint density at radius 1 is 1.19 bits per heavy atom. The van der Waals surface area contributed by atoms with Gasteiger partial charge in [-0.2, -0.15) is 0 Å². The van der Waals surface area contributed by atoms with Gasteiger partial charge in [0.15, 0.2) is 9.84 Å². The molecular formula is C16H17NO3S. The first kappa shape index (κ1) is 14.1. The van der Waals surface area contributed by atoms with Gasteiger partial charge in [-0.1, -0.05) is 39.0 Å². The monoisotopic (exact) mass is 303 g/mol. The first-order valence-corrected chi connectivity index (χ1v) is 8.42. The average molecular weight is 303 g/mol. The molecule has 0 N–H and O–H groups in total. The largest absolute Gasteiger partial charge is 0.437 e. The lowest BCUT2D eigenvalue weighted by Crippen LogP contribution is -2.13. The summed E-state index contributed by atoms with van der Waals surface area (Å²) in [6.45, 7) is 6.07. The fourth-order valence-corrected chi connectivity index (χ4v) is 3.72. The van der Waals surface area contributed by atoms with Gasteiger partial charge in [-0.15, -0.1) is 0 Å². The van der Waals surface area contributed by atoms with Crippen molar-refractivity contribution in [3.05, 3.63) is 47.7 Å². The molecule has 2 heterocycles. The summed E-state index contributed by atoms with van der Waals surface area (Å²) in [7, 11) is -3.46. The van der Waals surface area contributed by atoms with Crippen LogP contribution in [0, 0.1) is 0 Å². The van der Waals surface area contributed by atoms with E-state index >= 15 is 0 Å². The Labute approximate surface area is 124 Å². The van der Waals surface area contributed by atoms with Crippen LogP contribution in [0.1, 0.15) is 31.9 Å². The number of rotatable bonds is 0. The number of aromatic nitrogens is 1. The highest BCUT2D eigenvalue weighted by Crippen LogP contribution is 2.37. The summed E-state index contributed by atoms with van der Waals surface area (Å²) < 4.78 is 30.9. The normalized spacial score (nSPS) is 16.3. The van der Waals surface area contributed by atoms with E-state index in [-0.39, 0.29) is 21.9 Å². The highest BCUT2D eigenvalue weighted by atomic mass is 32.2. The Morgan fingerprint density at radius 3 is 2.62 bits per heavy atom. The summed E-state index contributed by atoms with van der Waals surface area (Å²) in [6.07, 6.45) is 1.68. The van der Waals surface area contributed by atoms with Crippen LogP contribution in [0.3, 0.4) is 0 Å². The zero-order valence-electron chi connectivity index (χ0n) is 12.3. The van der Waals surface area contributed by atoms with Gasteiger partial charge in [0.1, 0.15) is 10.6 Å². The van der Waals surface area contributed by atoms with E-state index in [4.69, 9.17) is 4.74 Å². The van der Waals surface area contributed by atoms with Crippen LogP contribution >= 0.6 is 0 Å². The fourth-order valence-electron chi connectivity index (χ4n) is 2.25. The number of pyridine rings is 1. The third-order valence-corrected chi connectivity index (χ3v) is 5.20. The molecular weight excluding hydrogens is 286 g/mol. The Morgan fingerprint density at radius 2 is 1.90 bits per heavy atom. The fraction of sp³-hybridized carbons (Fsp3) is 0.312. The summed E-state index contributed by atoms with van der Waals surface area (Å²) in [6, 6.07) is 8.84. The summed E-state index contributed by atoms with van der Waals surface area (Å²) in [5.41, 5.74) is 1.36. The number of hydrogen-bond donors (Lipinski definition) is 0. The zero-order chi connectivity index (χ0) is 15.3. The van der Waals surface area contributed by atoms with E-state index < -0.39 is 9.84 Å². The lowest BCUT2D eigenvalue weighted by atomic mass is 9.88. The molecule has 0 aliphatic carbocycles. The number of ether oxygens (including phenoxy) is 1. The molecule has 0 spiro atoms. The quantitative estimate of drug-likeness (QED) is 0.748. The van der Waals surface area contributed by atoms with Gasteiger partial charge in [0.2, 0.25) is 5.88 Å². The number of para-hydroxylation sites is 1. The maximum atomic E-state index is 12.6. The van der Waals surface area contributed by atoms with Gasteiger partial charge in [-0.25, -0.2) is 13.4 Å². The first-order chi connectivity index (χ1) is 9.77. The van der Waals surface area contributed by atoms with E-state index in [1.54, 1.807) is 24.4 Å². The molecule has 0 saturated heterocycles. The Kier molecular flexibility index (Phi) is 3.06. The van der Waals surface area contributed by atoms with Crippen LogP contribution in [0.5, 0.6) is 11.6 Å². The van der Waals surface area contributed by atoms with Crippen molar-refractivity contribution in [1.82, 2.24) is 4.98 Å². The molecule has 0 saturated carbocycles. The highest BCUT2D eigenvalue weighted by Gasteiger charge is 2.29. The SMILES string of the molecule is CC(C)(C)c1cnc2c(c1)S(=O)(=O)Cc1ccccc1O2. The standard InChI is InChI=1S/C16H17NO3S/c1-16(2,3)12-8-14-15(17-9-12)20-13-7-5-4-6-11(13)10-21(14,18)19/h4-9H,10H2,1-3H3. The van der Waals surface area contributed by atoms with Crippen molar-refractivity contribution >= 4 is 9.84 Å². The topological polar surface area (TPSA) is 56.3 Å². The molecule has 1 aromatic carbocycles. The third-order valence-electron chi connectivity index (χ3n) is 3.54. The van der Waals surface area contributed by atoms with Crippen molar-refractivity contribution in [3.63, 3.8) is 0 Å². The van der Waals surface area contributed by atoms with Crippen LogP contribution in [0.4, 0.5) is 0 Å². The van der Waals surface area contributed by atoms with Crippen molar-refractivity contribution in [1.29, 1.82) is 0 Å². The van der Waals surface area contributed by atoms with Crippen molar-refractivity contribution in [2.75, 3.05) is 0 Å². The molecule has 0 radical (unpaired) electrons. The van der Waals surface area contributed by atoms with Gasteiger partial charge in [0.25, 0.3) is 0 Å². The van der Waals surface area contributed by atoms with Gasteiger partial charge in [-0.05, 0) is 23.1 Å². The molecule has 5 heteroatoms. The van der Waals surface area contributed by atoms with Gasteiger partial charge in [-0.3, -0.25) is 0 Å². The molecule has 1 aliphatic rings. The van der Waals surface area contributed by atoms with E-state index in [1.807, 2.05) is 32.9 Å². The molecule has 21 heavy (non-hydrogen) atoms. The average Bonchev–Trinajstić information content (AvgIpc) is 2.50. The summed E-state index contributed by atoms with van der Waals surface area (Å²) in [4.78, 5) is 4.41. The second-order valence-electron chi connectivity index (χ2n) is 6.25. The summed E-state index contributed by atoms with van der Waals surface area (Å²) >= 11 is 0. The molecule has 1 aliphatic heterocycles.